The van der Waals surface area contributed by atoms with Crippen LogP contribution in [0.2, 0.25) is 0 Å². The van der Waals surface area contributed by atoms with Crippen LogP contribution in [-0.2, 0) is 4.79 Å². The number of amides is 1. The Morgan fingerprint density at radius 3 is 2.22 bits per heavy atom. The average molecular weight is 460 g/mol. The summed E-state index contributed by atoms with van der Waals surface area (Å²) in [5, 5.41) is 20.1. The van der Waals surface area contributed by atoms with E-state index >= 15 is 0 Å². The van der Waals surface area contributed by atoms with E-state index in [-0.39, 0.29) is 34.8 Å². The van der Waals surface area contributed by atoms with Crippen molar-refractivity contribution in [1.82, 2.24) is 0 Å². The second kappa shape index (κ2) is 10.1. The van der Waals surface area contributed by atoms with Crippen molar-refractivity contribution in [2.24, 2.45) is 17.8 Å². The minimum atomic E-state index is -0.949. The summed E-state index contributed by atoms with van der Waals surface area (Å²) in [4.78, 5) is 29.3. The first-order valence-electron chi connectivity index (χ1n) is 12.4. The molecule has 0 spiro atoms. The number of nitrogens with zero attached hydrogens (tertiary/aromatic N) is 1. The minimum absolute atomic E-state index is 0.0292. The van der Waals surface area contributed by atoms with Crippen LogP contribution >= 0.6 is 11.3 Å². The topological polar surface area (TPSA) is 77.8 Å². The van der Waals surface area contributed by atoms with Gasteiger partial charge in [0.15, 0.2) is 0 Å². The van der Waals surface area contributed by atoms with Crippen LogP contribution in [-0.4, -0.2) is 34.2 Å². The van der Waals surface area contributed by atoms with Crippen LogP contribution in [0.4, 0.5) is 5.69 Å². The van der Waals surface area contributed by atoms with Gasteiger partial charge in [0.1, 0.15) is 4.88 Å². The molecule has 0 aromatic carbocycles. The number of carboxylic acids is 1. The van der Waals surface area contributed by atoms with E-state index < -0.39 is 5.97 Å². The van der Waals surface area contributed by atoms with Gasteiger partial charge in [-0.1, -0.05) is 26.0 Å². The summed E-state index contributed by atoms with van der Waals surface area (Å²) in [6.45, 7) is 4.45. The van der Waals surface area contributed by atoms with Gasteiger partial charge in [0, 0.05) is 22.8 Å². The molecule has 2 fully saturated rings. The molecule has 2 saturated carbocycles. The molecular formula is C26H37NO4S. The van der Waals surface area contributed by atoms with Crippen LogP contribution in [0.5, 0.6) is 0 Å². The van der Waals surface area contributed by atoms with Crippen molar-refractivity contribution in [2.75, 3.05) is 4.90 Å². The fraction of sp³-hybridized carbons (Fsp3) is 0.692. The molecule has 1 aromatic heterocycles. The SMILES string of the molecule is CC1C=CC(c2cc(N(C(=O)[C@H]3CC[C@H](C)CC3)[C@H]3CC[C@H](O)CC3)c(C(=O)O)s2)CC1. The van der Waals surface area contributed by atoms with Crippen LogP contribution in [0.3, 0.4) is 0 Å². The highest BCUT2D eigenvalue weighted by molar-refractivity contribution is 7.14. The second-order valence-electron chi connectivity index (χ2n) is 10.3. The van der Waals surface area contributed by atoms with Crippen LogP contribution in [0.15, 0.2) is 18.2 Å². The molecule has 6 heteroatoms. The molecule has 1 aromatic rings. The molecule has 0 bridgehead atoms. The molecule has 3 aliphatic carbocycles. The molecule has 32 heavy (non-hydrogen) atoms. The van der Waals surface area contributed by atoms with Gasteiger partial charge in [-0.3, -0.25) is 4.79 Å². The second-order valence-corrected chi connectivity index (χ2v) is 11.4. The van der Waals surface area contributed by atoms with E-state index in [1.807, 2.05) is 11.0 Å². The maximum atomic E-state index is 13.9. The lowest BCUT2D eigenvalue weighted by Gasteiger charge is -2.38. The number of hydrogen-bond donors (Lipinski definition) is 2. The zero-order valence-electron chi connectivity index (χ0n) is 19.3. The fourth-order valence-electron chi connectivity index (χ4n) is 5.63. The molecule has 1 heterocycles. The number of aliphatic hydroxyl groups excluding tert-OH is 1. The number of hydrogen-bond acceptors (Lipinski definition) is 4. The fourth-order valence-corrected chi connectivity index (χ4v) is 6.73. The predicted octanol–water partition coefficient (Wildman–Crippen LogP) is 5.98. The first kappa shape index (κ1) is 23.5. The summed E-state index contributed by atoms with van der Waals surface area (Å²) < 4.78 is 0. The van der Waals surface area contributed by atoms with Gasteiger partial charge in [-0.05, 0) is 82.1 Å². The molecule has 0 saturated heterocycles. The van der Waals surface area contributed by atoms with E-state index in [4.69, 9.17) is 0 Å². The molecule has 0 radical (unpaired) electrons. The van der Waals surface area contributed by atoms with Gasteiger partial charge in [-0.2, -0.15) is 0 Å². The van der Waals surface area contributed by atoms with E-state index in [1.165, 1.54) is 11.3 Å². The van der Waals surface area contributed by atoms with E-state index in [0.717, 1.165) is 56.2 Å². The highest BCUT2D eigenvalue weighted by Gasteiger charge is 2.37. The highest BCUT2D eigenvalue weighted by Crippen LogP contribution is 2.42. The Morgan fingerprint density at radius 1 is 0.938 bits per heavy atom. The number of anilines is 1. The third kappa shape index (κ3) is 5.12. The van der Waals surface area contributed by atoms with Crippen molar-refractivity contribution >= 4 is 28.9 Å². The number of carbonyl (C=O) groups excluding carboxylic acids is 1. The van der Waals surface area contributed by atoms with Crippen LogP contribution in [0, 0.1) is 17.8 Å². The lowest BCUT2D eigenvalue weighted by molar-refractivity contribution is -0.124. The smallest absolute Gasteiger partial charge is 0.348 e. The summed E-state index contributed by atoms with van der Waals surface area (Å²) in [7, 11) is 0. The number of aliphatic hydroxyl groups is 1. The standard InChI is InChI=1S/C26H37NO4S/c1-16-3-7-18(8-4-16)23-15-22(24(32-23)26(30)31)27(20-11-13-21(28)14-12-20)25(29)19-9-5-17(2)6-10-19/h3,7,15-21,28H,4-6,8-14H2,1-2H3,(H,30,31)/t16?,17-,18?,19-,20-,21-. The summed E-state index contributed by atoms with van der Waals surface area (Å²) in [6.07, 6.45) is 12.9. The first-order chi connectivity index (χ1) is 15.3. The maximum absolute atomic E-state index is 13.9. The Morgan fingerprint density at radius 2 is 1.62 bits per heavy atom. The van der Waals surface area contributed by atoms with E-state index in [1.54, 1.807) is 0 Å². The van der Waals surface area contributed by atoms with Crippen molar-refractivity contribution < 1.29 is 19.8 Å². The molecule has 3 aliphatic rings. The average Bonchev–Trinajstić information content (AvgIpc) is 3.21. The van der Waals surface area contributed by atoms with Crippen LogP contribution in [0.1, 0.15) is 98.5 Å². The van der Waals surface area contributed by atoms with E-state index in [0.29, 0.717) is 30.4 Å². The monoisotopic (exact) mass is 459 g/mol. The molecule has 2 atom stereocenters. The normalized spacial score (nSPS) is 33.1. The quantitative estimate of drug-likeness (QED) is 0.531. The van der Waals surface area contributed by atoms with Gasteiger partial charge in [-0.25, -0.2) is 4.79 Å². The Labute approximate surface area is 195 Å². The summed E-state index contributed by atoms with van der Waals surface area (Å²) in [5.74, 6) is 0.556. The Hall–Kier alpha value is -1.66. The molecule has 0 aliphatic heterocycles. The van der Waals surface area contributed by atoms with Crippen molar-refractivity contribution in [3.63, 3.8) is 0 Å². The molecule has 176 valence electrons. The molecule has 4 rings (SSSR count). The molecule has 2 N–H and O–H groups in total. The third-order valence-electron chi connectivity index (χ3n) is 7.79. The predicted molar refractivity (Wildman–Crippen MR) is 128 cm³/mol. The summed E-state index contributed by atoms with van der Waals surface area (Å²) in [6, 6.07) is 1.96. The Kier molecular flexibility index (Phi) is 7.40. The Balaban J connectivity index is 1.68. The van der Waals surface area contributed by atoms with Crippen molar-refractivity contribution in [2.45, 2.75) is 96.1 Å². The van der Waals surface area contributed by atoms with E-state index in [9.17, 15) is 19.8 Å². The minimum Gasteiger partial charge on any atom is -0.477 e. The van der Waals surface area contributed by atoms with E-state index in [2.05, 4.69) is 26.0 Å². The maximum Gasteiger partial charge on any atom is 0.348 e. The first-order valence-corrected chi connectivity index (χ1v) is 13.2. The van der Waals surface area contributed by atoms with Crippen molar-refractivity contribution in [3.05, 3.63) is 28.0 Å². The largest absolute Gasteiger partial charge is 0.477 e. The number of rotatable bonds is 5. The zero-order valence-corrected chi connectivity index (χ0v) is 20.2. The number of carboxylic acid groups (broad SMARTS) is 1. The lowest BCUT2D eigenvalue weighted by atomic mass is 9.81. The molecule has 1 amide bonds. The lowest BCUT2D eigenvalue weighted by Crippen LogP contribution is -2.47. The van der Waals surface area contributed by atoms with Gasteiger partial charge >= 0.3 is 5.97 Å². The molecule has 2 unspecified atom stereocenters. The van der Waals surface area contributed by atoms with Crippen molar-refractivity contribution in [1.29, 1.82) is 0 Å². The van der Waals surface area contributed by atoms with Crippen LogP contribution in [0.25, 0.3) is 0 Å². The molecule has 5 nitrogen and oxygen atoms in total. The van der Waals surface area contributed by atoms with Gasteiger partial charge in [-0.15, -0.1) is 11.3 Å². The number of carbonyl (C=O) groups is 2. The Bertz CT molecular complexity index is 846. The molecular weight excluding hydrogens is 422 g/mol. The summed E-state index contributed by atoms with van der Waals surface area (Å²) >= 11 is 1.34. The third-order valence-corrected chi connectivity index (χ3v) is 9.03. The van der Waals surface area contributed by atoms with Gasteiger partial charge < -0.3 is 15.1 Å². The number of aromatic carboxylic acids is 1. The van der Waals surface area contributed by atoms with Crippen LogP contribution < -0.4 is 4.90 Å². The summed E-state index contributed by atoms with van der Waals surface area (Å²) in [5.41, 5.74) is 0.592. The van der Waals surface area contributed by atoms with Crippen molar-refractivity contribution in [3.8, 4) is 0 Å². The van der Waals surface area contributed by atoms with Gasteiger partial charge in [0.2, 0.25) is 5.91 Å². The number of thiophene rings is 1. The number of allylic oxidation sites excluding steroid dienone is 2. The van der Waals surface area contributed by atoms with Gasteiger partial charge in [0.05, 0.1) is 11.8 Å². The van der Waals surface area contributed by atoms with Gasteiger partial charge in [0.25, 0.3) is 0 Å². The highest BCUT2D eigenvalue weighted by atomic mass is 32.1. The zero-order chi connectivity index (χ0) is 22.8.